The van der Waals surface area contributed by atoms with Crippen LogP contribution >= 0.6 is 35.0 Å². The average Bonchev–Trinajstić information content (AvgIpc) is 2.90. The smallest absolute Gasteiger partial charge is 0.260 e. The first-order chi connectivity index (χ1) is 12.0. The second-order valence-electron chi connectivity index (χ2n) is 5.17. The van der Waals surface area contributed by atoms with Crippen molar-refractivity contribution in [3.63, 3.8) is 0 Å². The number of thioether (sulfide) groups is 1. The monoisotopic (exact) mass is 396 g/mol. The molecule has 1 heterocycles. The van der Waals surface area contributed by atoms with Crippen LogP contribution in [0.5, 0.6) is 11.5 Å². The summed E-state index contributed by atoms with van der Waals surface area (Å²) >= 11 is 13.2. The second-order valence-corrected chi connectivity index (χ2v) is 7.19. The minimum atomic E-state index is -0.396. The fourth-order valence-electron chi connectivity index (χ4n) is 2.28. The number of benzene rings is 2. The van der Waals surface area contributed by atoms with E-state index in [4.69, 9.17) is 27.9 Å². The largest absolute Gasteiger partial charge is 0.507 e. The number of halogens is 2. The molecule has 0 aliphatic carbocycles. The van der Waals surface area contributed by atoms with Gasteiger partial charge in [-0.3, -0.25) is 4.79 Å². The van der Waals surface area contributed by atoms with Crippen molar-refractivity contribution in [1.82, 2.24) is 5.32 Å². The van der Waals surface area contributed by atoms with Crippen LogP contribution < -0.4 is 15.4 Å². The van der Waals surface area contributed by atoms with Crippen molar-refractivity contribution < 1.29 is 14.6 Å². The van der Waals surface area contributed by atoms with Crippen molar-refractivity contribution in [2.75, 3.05) is 12.4 Å². The molecular formula is C17H14Cl2N2O3S. The quantitative estimate of drug-likeness (QED) is 0.671. The molecular weight excluding hydrogens is 383 g/mol. The number of phenols is 1. The highest BCUT2D eigenvalue weighted by Crippen LogP contribution is 2.35. The first kappa shape index (κ1) is 17.8. The Bertz CT molecular complexity index is 858. The number of anilines is 1. The Hall–Kier alpha value is -2.02. The molecule has 0 bridgehead atoms. The molecule has 25 heavy (non-hydrogen) atoms. The Morgan fingerprint density at radius 3 is 2.72 bits per heavy atom. The molecule has 0 saturated carbocycles. The molecule has 1 amide bonds. The van der Waals surface area contributed by atoms with E-state index in [9.17, 15) is 9.90 Å². The SMILES string of the molecule is COc1ccc(Cl)cc1NC1NC(=O)/C(=C/c2cc(Cl)ccc2O)S1. The zero-order valence-electron chi connectivity index (χ0n) is 13.0. The summed E-state index contributed by atoms with van der Waals surface area (Å²) in [5.41, 5.74) is 0.748. The average molecular weight is 397 g/mol. The topological polar surface area (TPSA) is 70.6 Å². The molecule has 130 valence electrons. The number of phenolic OH excluding ortho intramolecular Hbond substituents is 1. The zero-order valence-corrected chi connectivity index (χ0v) is 15.4. The van der Waals surface area contributed by atoms with Gasteiger partial charge in [0, 0.05) is 15.6 Å². The molecule has 1 atom stereocenters. The predicted molar refractivity (Wildman–Crippen MR) is 102 cm³/mol. The molecule has 3 N–H and O–H groups in total. The van der Waals surface area contributed by atoms with Gasteiger partial charge in [0.15, 0.2) is 5.50 Å². The zero-order chi connectivity index (χ0) is 18.0. The predicted octanol–water partition coefficient (Wildman–Crippen LogP) is 4.31. The Balaban J connectivity index is 1.80. The van der Waals surface area contributed by atoms with Gasteiger partial charge in [0.1, 0.15) is 11.5 Å². The first-order valence-corrected chi connectivity index (χ1v) is 8.87. The minimum absolute atomic E-state index is 0.0539. The molecule has 2 aromatic carbocycles. The number of hydrogen-bond donors (Lipinski definition) is 3. The van der Waals surface area contributed by atoms with Gasteiger partial charge in [-0.05, 0) is 42.5 Å². The van der Waals surface area contributed by atoms with Gasteiger partial charge < -0.3 is 20.5 Å². The highest BCUT2D eigenvalue weighted by atomic mass is 35.5. The van der Waals surface area contributed by atoms with E-state index in [1.165, 1.54) is 17.8 Å². The number of methoxy groups -OCH3 is 1. The van der Waals surface area contributed by atoms with Gasteiger partial charge in [-0.25, -0.2) is 0 Å². The Labute approximate surface area is 159 Å². The number of amides is 1. The Morgan fingerprint density at radius 2 is 1.96 bits per heavy atom. The molecule has 1 fully saturated rings. The van der Waals surface area contributed by atoms with E-state index in [1.807, 2.05) is 0 Å². The maximum absolute atomic E-state index is 12.2. The van der Waals surface area contributed by atoms with E-state index in [2.05, 4.69) is 10.6 Å². The lowest BCUT2D eigenvalue weighted by Crippen LogP contribution is -2.31. The summed E-state index contributed by atoms with van der Waals surface area (Å²) in [6, 6.07) is 9.84. The highest BCUT2D eigenvalue weighted by molar-refractivity contribution is 8.05. The third kappa shape index (κ3) is 4.15. The molecule has 3 rings (SSSR count). The Morgan fingerprint density at radius 1 is 1.24 bits per heavy atom. The van der Waals surface area contributed by atoms with E-state index < -0.39 is 5.50 Å². The van der Waals surface area contributed by atoms with E-state index in [0.29, 0.717) is 32.0 Å². The van der Waals surface area contributed by atoms with Gasteiger partial charge in [0.05, 0.1) is 17.7 Å². The van der Waals surface area contributed by atoms with Crippen molar-refractivity contribution in [1.29, 1.82) is 0 Å². The van der Waals surface area contributed by atoms with Gasteiger partial charge in [-0.1, -0.05) is 35.0 Å². The van der Waals surface area contributed by atoms with E-state index in [1.54, 1.807) is 43.5 Å². The summed E-state index contributed by atoms with van der Waals surface area (Å²) < 4.78 is 5.28. The molecule has 0 radical (unpaired) electrons. The second kappa shape index (κ2) is 7.47. The maximum atomic E-state index is 12.2. The van der Waals surface area contributed by atoms with Crippen molar-refractivity contribution in [3.8, 4) is 11.5 Å². The summed E-state index contributed by atoms with van der Waals surface area (Å²) in [4.78, 5) is 12.6. The van der Waals surface area contributed by atoms with Crippen LogP contribution in [0.2, 0.25) is 10.0 Å². The Kier molecular flexibility index (Phi) is 5.32. The molecule has 1 saturated heterocycles. The van der Waals surface area contributed by atoms with Crippen LogP contribution in [-0.4, -0.2) is 23.6 Å². The lowest BCUT2D eigenvalue weighted by Gasteiger charge is -2.15. The molecule has 0 spiro atoms. The number of nitrogens with one attached hydrogen (secondary N) is 2. The maximum Gasteiger partial charge on any atom is 0.260 e. The third-order valence-electron chi connectivity index (χ3n) is 3.46. The number of ether oxygens (including phenoxy) is 1. The summed E-state index contributed by atoms with van der Waals surface area (Å²) in [6.45, 7) is 0. The van der Waals surface area contributed by atoms with Crippen LogP contribution in [0.1, 0.15) is 5.56 Å². The fraction of sp³-hybridized carbons (Fsp3) is 0.118. The van der Waals surface area contributed by atoms with Crippen LogP contribution in [-0.2, 0) is 4.79 Å². The van der Waals surface area contributed by atoms with Crippen LogP contribution in [0.3, 0.4) is 0 Å². The molecule has 1 aliphatic heterocycles. The van der Waals surface area contributed by atoms with Crippen molar-refractivity contribution >= 4 is 52.6 Å². The standard InChI is InChI=1S/C17H14Cl2N2O3S/c1-24-14-5-3-11(19)8-12(14)20-17-21-16(23)15(25-17)7-9-6-10(18)2-4-13(9)22/h2-8,17,20,22H,1H3,(H,21,23)/b15-7-. The van der Waals surface area contributed by atoms with Gasteiger partial charge in [-0.2, -0.15) is 0 Å². The van der Waals surface area contributed by atoms with Gasteiger partial charge in [0.2, 0.25) is 0 Å². The number of aromatic hydroxyl groups is 1. The normalized spacial score (nSPS) is 18.3. The summed E-state index contributed by atoms with van der Waals surface area (Å²) in [7, 11) is 1.56. The summed E-state index contributed by atoms with van der Waals surface area (Å²) in [6.07, 6.45) is 1.60. The third-order valence-corrected chi connectivity index (χ3v) is 4.95. The minimum Gasteiger partial charge on any atom is -0.507 e. The van der Waals surface area contributed by atoms with Crippen LogP contribution in [0, 0.1) is 0 Å². The molecule has 8 heteroatoms. The summed E-state index contributed by atoms with van der Waals surface area (Å²) in [5.74, 6) is 0.422. The van der Waals surface area contributed by atoms with Crippen LogP contribution in [0.25, 0.3) is 6.08 Å². The van der Waals surface area contributed by atoms with Crippen molar-refractivity contribution in [2.45, 2.75) is 5.50 Å². The van der Waals surface area contributed by atoms with Gasteiger partial charge >= 0.3 is 0 Å². The lowest BCUT2D eigenvalue weighted by atomic mass is 10.2. The lowest BCUT2D eigenvalue weighted by molar-refractivity contribution is -0.116. The number of rotatable bonds is 4. The molecule has 1 aliphatic rings. The number of carbonyl (C=O) groups is 1. The number of hydrogen-bond acceptors (Lipinski definition) is 5. The van der Waals surface area contributed by atoms with Crippen molar-refractivity contribution in [2.24, 2.45) is 0 Å². The fourth-order valence-corrected chi connectivity index (χ4v) is 3.60. The molecule has 5 nitrogen and oxygen atoms in total. The van der Waals surface area contributed by atoms with Crippen LogP contribution in [0.15, 0.2) is 41.3 Å². The van der Waals surface area contributed by atoms with Gasteiger partial charge in [0.25, 0.3) is 5.91 Å². The number of carbonyl (C=O) groups excluding carboxylic acids is 1. The highest BCUT2D eigenvalue weighted by Gasteiger charge is 2.28. The first-order valence-electron chi connectivity index (χ1n) is 7.24. The van der Waals surface area contributed by atoms with Crippen LogP contribution in [0.4, 0.5) is 5.69 Å². The summed E-state index contributed by atoms with van der Waals surface area (Å²) in [5, 5.41) is 16.9. The van der Waals surface area contributed by atoms with E-state index in [0.717, 1.165) is 0 Å². The molecule has 1 unspecified atom stereocenters. The molecule has 0 aromatic heterocycles. The van der Waals surface area contributed by atoms with Gasteiger partial charge in [-0.15, -0.1) is 0 Å². The molecule has 2 aromatic rings. The van der Waals surface area contributed by atoms with E-state index >= 15 is 0 Å². The van der Waals surface area contributed by atoms with Crippen molar-refractivity contribution in [3.05, 3.63) is 56.9 Å². The van der Waals surface area contributed by atoms with E-state index in [-0.39, 0.29) is 11.7 Å².